The van der Waals surface area contributed by atoms with Crippen LogP contribution in [0.3, 0.4) is 0 Å². The molecular formula is C8H14ClNO2S. The molecular weight excluding hydrogens is 210 g/mol. The van der Waals surface area contributed by atoms with E-state index in [1.54, 1.807) is 6.08 Å². The van der Waals surface area contributed by atoms with Gasteiger partial charge in [-0.2, -0.15) is 0 Å². The molecule has 0 amide bonds. The first-order chi connectivity index (χ1) is 6.08. The number of piperidine rings is 1. The minimum atomic E-state index is -3.36. The first kappa shape index (κ1) is 11.0. The zero-order chi connectivity index (χ0) is 9.73. The van der Waals surface area contributed by atoms with Gasteiger partial charge in [0.25, 0.3) is 0 Å². The Morgan fingerprint density at radius 1 is 1.54 bits per heavy atom. The molecule has 1 atom stereocenters. The Hall–Kier alpha value is -0.0600. The van der Waals surface area contributed by atoms with Gasteiger partial charge < -0.3 is 5.32 Å². The Morgan fingerprint density at radius 2 is 2.31 bits per heavy atom. The van der Waals surface area contributed by atoms with Crippen molar-refractivity contribution in [3.8, 4) is 0 Å². The average molecular weight is 224 g/mol. The fourth-order valence-electron chi connectivity index (χ4n) is 1.41. The summed E-state index contributed by atoms with van der Waals surface area (Å²) in [6.07, 6.45) is 5.86. The van der Waals surface area contributed by atoms with Crippen molar-refractivity contribution < 1.29 is 8.42 Å². The topological polar surface area (TPSA) is 46.2 Å². The van der Waals surface area contributed by atoms with E-state index in [9.17, 15) is 8.42 Å². The van der Waals surface area contributed by atoms with E-state index in [0.717, 1.165) is 25.9 Å². The van der Waals surface area contributed by atoms with Crippen LogP contribution in [0.5, 0.6) is 0 Å². The van der Waals surface area contributed by atoms with Crippen molar-refractivity contribution in [2.45, 2.75) is 12.8 Å². The van der Waals surface area contributed by atoms with Gasteiger partial charge in [-0.15, -0.1) is 0 Å². The summed E-state index contributed by atoms with van der Waals surface area (Å²) in [4.78, 5) is 0. The summed E-state index contributed by atoms with van der Waals surface area (Å²) in [7, 11) is 1.70. The summed E-state index contributed by atoms with van der Waals surface area (Å²) in [5, 5.41) is 3.25. The molecule has 76 valence electrons. The van der Waals surface area contributed by atoms with Gasteiger partial charge in [0.1, 0.15) is 0 Å². The predicted octanol–water partition coefficient (Wildman–Crippen LogP) is 1.11. The lowest BCUT2D eigenvalue weighted by molar-refractivity contribution is 0.438. The van der Waals surface area contributed by atoms with E-state index in [1.165, 1.54) is 0 Å². The highest BCUT2D eigenvalue weighted by Crippen LogP contribution is 2.11. The first-order valence-electron chi connectivity index (χ1n) is 4.37. The maximum Gasteiger partial charge on any atom is 0.236 e. The molecule has 1 saturated heterocycles. The van der Waals surface area contributed by atoms with Crippen LogP contribution in [0.2, 0.25) is 0 Å². The van der Waals surface area contributed by atoms with E-state index in [-0.39, 0.29) is 5.75 Å². The second-order valence-electron chi connectivity index (χ2n) is 3.24. The van der Waals surface area contributed by atoms with Gasteiger partial charge in [-0.3, -0.25) is 0 Å². The van der Waals surface area contributed by atoms with Gasteiger partial charge in [-0.05, 0) is 25.3 Å². The Labute approximate surface area is 83.6 Å². The second-order valence-corrected chi connectivity index (χ2v) is 6.06. The molecule has 0 aromatic rings. The third-order valence-electron chi connectivity index (χ3n) is 2.04. The number of rotatable bonds is 3. The summed E-state index contributed by atoms with van der Waals surface area (Å²) in [6, 6.07) is 0. The highest BCUT2D eigenvalue weighted by Gasteiger charge is 2.09. The number of halogens is 1. The Bertz CT molecular complexity index is 268. The van der Waals surface area contributed by atoms with Crippen molar-refractivity contribution in [2.75, 3.05) is 18.8 Å². The number of hydrogen-bond donors (Lipinski definition) is 1. The minimum Gasteiger partial charge on any atom is -0.316 e. The lowest BCUT2D eigenvalue weighted by atomic mass is 9.99. The van der Waals surface area contributed by atoms with Crippen LogP contribution in [-0.4, -0.2) is 27.3 Å². The van der Waals surface area contributed by atoms with Crippen LogP contribution in [0.4, 0.5) is 0 Å². The monoisotopic (exact) mass is 223 g/mol. The SMILES string of the molecule is O=S(=O)(Cl)C/C=C/C1CCCNC1. The van der Waals surface area contributed by atoms with Crippen molar-refractivity contribution in [3.05, 3.63) is 12.2 Å². The lowest BCUT2D eigenvalue weighted by Gasteiger charge is -2.19. The number of nitrogens with one attached hydrogen (secondary N) is 1. The maximum atomic E-state index is 10.6. The van der Waals surface area contributed by atoms with Crippen molar-refractivity contribution >= 4 is 19.7 Å². The van der Waals surface area contributed by atoms with Crippen molar-refractivity contribution in [1.29, 1.82) is 0 Å². The van der Waals surface area contributed by atoms with Crippen LogP contribution in [0.1, 0.15) is 12.8 Å². The molecule has 5 heteroatoms. The van der Waals surface area contributed by atoms with Gasteiger partial charge in [0.15, 0.2) is 0 Å². The molecule has 13 heavy (non-hydrogen) atoms. The van der Waals surface area contributed by atoms with Crippen LogP contribution in [-0.2, 0) is 9.05 Å². The highest BCUT2D eigenvalue weighted by molar-refractivity contribution is 8.13. The Morgan fingerprint density at radius 3 is 2.85 bits per heavy atom. The van der Waals surface area contributed by atoms with Gasteiger partial charge in [0, 0.05) is 17.2 Å². The molecule has 0 bridgehead atoms. The van der Waals surface area contributed by atoms with Crippen LogP contribution in [0, 0.1) is 5.92 Å². The molecule has 1 N–H and O–H groups in total. The molecule has 0 aromatic heterocycles. The van der Waals surface area contributed by atoms with E-state index >= 15 is 0 Å². The van der Waals surface area contributed by atoms with Crippen molar-refractivity contribution in [2.24, 2.45) is 5.92 Å². The van der Waals surface area contributed by atoms with Crippen LogP contribution in [0.25, 0.3) is 0 Å². The molecule has 1 rings (SSSR count). The zero-order valence-corrected chi connectivity index (χ0v) is 8.94. The molecule has 1 aliphatic rings. The maximum absolute atomic E-state index is 10.6. The summed E-state index contributed by atoms with van der Waals surface area (Å²) >= 11 is 0. The zero-order valence-electron chi connectivity index (χ0n) is 7.37. The first-order valence-corrected chi connectivity index (χ1v) is 6.85. The lowest BCUT2D eigenvalue weighted by Crippen LogP contribution is -2.28. The molecule has 3 nitrogen and oxygen atoms in total. The largest absolute Gasteiger partial charge is 0.316 e. The number of hydrogen-bond acceptors (Lipinski definition) is 3. The van der Waals surface area contributed by atoms with Gasteiger partial charge in [0.05, 0.1) is 5.75 Å². The highest BCUT2D eigenvalue weighted by atomic mass is 35.7. The summed E-state index contributed by atoms with van der Waals surface area (Å²) in [5.41, 5.74) is 0. The fraction of sp³-hybridized carbons (Fsp3) is 0.750. The molecule has 0 radical (unpaired) electrons. The van der Waals surface area contributed by atoms with Crippen molar-refractivity contribution in [3.63, 3.8) is 0 Å². The molecule has 1 fully saturated rings. The van der Waals surface area contributed by atoms with E-state index in [1.807, 2.05) is 6.08 Å². The standard InChI is InChI=1S/C8H14ClNO2S/c9-13(11,12)6-2-4-8-3-1-5-10-7-8/h2,4,8,10H,1,3,5-7H2/b4-2+. The predicted molar refractivity (Wildman–Crippen MR) is 54.4 cm³/mol. The summed E-state index contributed by atoms with van der Waals surface area (Å²) < 4.78 is 21.1. The van der Waals surface area contributed by atoms with E-state index in [0.29, 0.717) is 5.92 Å². The molecule has 0 saturated carbocycles. The quantitative estimate of drug-likeness (QED) is 0.576. The average Bonchev–Trinajstić information content (AvgIpc) is 2.04. The summed E-state index contributed by atoms with van der Waals surface area (Å²) in [6.45, 7) is 2.01. The van der Waals surface area contributed by atoms with Crippen LogP contribution >= 0.6 is 10.7 Å². The smallest absolute Gasteiger partial charge is 0.236 e. The Kier molecular flexibility index (Phi) is 4.22. The fourth-order valence-corrected chi connectivity index (χ4v) is 1.97. The van der Waals surface area contributed by atoms with Crippen LogP contribution < -0.4 is 5.32 Å². The van der Waals surface area contributed by atoms with Crippen LogP contribution in [0.15, 0.2) is 12.2 Å². The second kappa shape index (κ2) is 4.98. The minimum absolute atomic E-state index is 0.0644. The third kappa shape index (κ3) is 5.29. The molecule has 0 aromatic carbocycles. The molecule has 1 unspecified atom stereocenters. The third-order valence-corrected chi connectivity index (χ3v) is 3.01. The van der Waals surface area contributed by atoms with E-state index < -0.39 is 9.05 Å². The van der Waals surface area contributed by atoms with Gasteiger partial charge in [-0.25, -0.2) is 8.42 Å². The summed E-state index contributed by atoms with van der Waals surface area (Å²) in [5.74, 6) is 0.401. The van der Waals surface area contributed by atoms with Gasteiger partial charge in [-0.1, -0.05) is 12.2 Å². The molecule has 0 spiro atoms. The van der Waals surface area contributed by atoms with E-state index in [2.05, 4.69) is 5.32 Å². The van der Waals surface area contributed by atoms with Gasteiger partial charge >= 0.3 is 0 Å². The normalized spacial score (nSPS) is 25.2. The molecule has 1 heterocycles. The molecule has 0 aliphatic carbocycles. The van der Waals surface area contributed by atoms with E-state index in [4.69, 9.17) is 10.7 Å². The Balaban J connectivity index is 2.30. The molecule has 1 aliphatic heterocycles. The van der Waals surface area contributed by atoms with Crippen molar-refractivity contribution in [1.82, 2.24) is 5.32 Å². The van der Waals surface area contributed by atoms with Gasteiger partial charge in [0.2, 0.25) is 9.05 Å².